The van der Waals surface area contributed by atoms with Crippen molar-refractivity contribution in [2.75, 3.05) is 19.0 Å². The Kier molecular flexibility index (Phi) is 5.72. The van der Waals surface area contributed by atoms with Gasteiger partial charge in [0.2, 0.25) is 0 Å². The molecule has 0 aliphatic carbocycles. The quantitative estimate of drug-likeness (QED) is 0.682. The van der Waals surface area contributed by atoms with Gasteiger partial charge >= 0.3 is 0 Å². The van der Waals surface area contributed by atoms with Gasteiger partial charge in [-0.1, -0.05) is 30.3 Å². The molecule has 5 nitrogen and oxygen atoms in total. The molecule has 1 amide bonds. The summed E-state index contributed by atoms with van der Waals surface area (Å²) in [5.74, 6) is 2.38. The Hall–Kier alpha value is -3.47. The summed E-state index contributed by atoms with van der Waals surface area (Å²) in [6.45, 7) is -0.100. The maximum Gasteiger partial charge on any atom is 0.262 e. The Balaban J connectivity index is 1.52. The molecule has 0 heterocycles. The highest BCUT2D eigenvalue weighted by atomic mass is 16.5. The van der Waals surface area contributed by atoms with E-state index in [1.807, 2.05) is 42.5 Å². The largest absolute Gasteiger partial charge is 0.495 e. The second-order valence-electron chi connectivity index (χ2n) is 5.42. The number of rotatable bonds is 7. The molecule has 0 radical (unpaired) electrons. The average molecular weight is 349 g/mol. The number of ether oxygens (including phenoxy) is 3. The normalized spacial score (nSPS) is 10.0. The zero-order valence-electron chi connectivity index (χ0n) is 14.3. The zero-order chi connectivity index (χ0) is 18.2. The minimum absolute atomic E-state index is 0.100. The molecule has 0 spiro atoms. The van der Waals surface area contributed by atoms with Crippen LogP contribution in [0.3, 0.4) is 0 Å². The van der Waals surface area contributed by atoms with E-state index in [1.54, 1.807) is 43.5 Å². The predicted octanol–water partition coefficient (Wildman–Crippen LogP) is 4.51. The third-order valence-corrected chi connectivity index (χ3v) is 3.55. The molecule has 0 aromatic heterocycles. The number of nitrogens with one attached hydrogen (secondary N) is 1. The minimum Gasteiger partial charge on any atom is -0.495 e. The third kappa shape index (κ3) is 4.77. The van der Waals surface area contributed by atoms with Gasteiger partial charge in [0.1, 0.15) is 23.0 Å². The smallest absolute Gasteiger partial charge is 0.262 e. The van der Waals surface area contributed by atoms with Crippen LogP contribution in [0.15, 0.2) is 78.9 Å². The second kappa shape index (κ2) is 8.58. The lowest BCUT2D eigenvalue weighted by atomic mass is 10.3. The first-order valence-corrected chi connectivity index (χ1v) is 8.13. The maximum atomic E-state index is 12.0. The SMILES string of the molecule is COc1ccccc1NC(=O)COc1ccc(Oc2ccccc2)cc1. The van der Waals surface area contributed by atoms with Gasteiger partial charge in [-0.2, -0.15) is 0 Å². The number of para-hydroxylation sites is 3. The van der Waals surface area contributed by atoms with Crippen molar-refractivity contribution in [2.24, 2.45) is 0 Å². The van der Waals surface area contributed by atoms with E-state index < -0.39 is 0 Å². The third-order valence-electron chi connectivity index (χ3n) is 3.55. The van der Waals surface area contributed by atoms with E-state index in [4.69, 9.17) is 14.2 Å². The van der Waals surface area contributed by atoms with Crippen LogP contribution >= 0.6 is 0 Å². The van der Waals surface area contributed by atoms with Gasteiger partial charge in [0.25, 0.3) is 5.91 Å². The van der Waals surface area contributed by atoms with E-state index in [1.165, 1.54) is 0 Å². The molecule has 0 bridgehead atoms. The summed E-state index contributed by atoms with van der Waals surface area (Å²) in [6, 6.07) is 23.8. The van der Waals surface area contributed by atoms with Crippen molar-refractivity contribution in [2.45, 2.75) is 0 Å². The number of carbonyl (C=O) groups is 1. The van der Waals surface area contributed by atoms with Crippen molar-refractivity contribution < 1.29 is 19.0 Å². The molecular weight excluding hydrogens is 330 g/mol. The van der Waals surface area contributed by atoms with Crippen LogP contribution in [0.25, 0.3) is 0 Å². The number of methoxy groups -OCH3 is 1. The number of carbonyl (C=O) groups excluding carboxylic acids is 1. The molecule has 0 aliphatic rings. The van der Waals surface area contributed by atoms with Crippen LogP contribution in [0.2, 0.25) is 0 Å². The van der Waals surface area contributed by atoms with Crippen molar-refractivity contribution in [3.8, 4) is 23.0 Å². The van der Waals surface area contributed by atoms with Gasteiger partial charge in [-0.25, -0.2) is 0 Å². The van der Waals surface area contributed by atoms with Crippen LogP contribution in [-0.2, 0) is 4.79 Å². The molecule has 0 saturated heterocycles. The molecule has 5 heteroatoms. The Bertz CT molecular complexity index is 847. The lowest BCUT2D eigenvalue weighted by Gasteiger charge is -2.11. The van der Waals surface area contributed by atoms with Gasteiger partial charge in [0, 0.05) is 0 Å². The number of benzene rings is 3. The van der Waals surface area contributed by atoms with Crippen LogP contribution < -0.4 is 19.5 Å². The molecule has 0 fully saturated rings. The van der Waals surface area contributed by atoms with E-state index in [2.05, 4.69) is 5.32 Å². The Morgan fingerprint density at radius 1 is 0.808 bits per heavy atom. The topological polar surface area (TPSA) is 56.8 Å². The highest BCUT2D eigenvalue weighted by molar-refractivity contribution is 5.93. The fraction of sp³-hybridized carbons (Fsp3) is 0.0952. The summed E-state index contributed by atoms with van der Waals surface area (Å²) in [7, 11) is 1.56. The number of amides is 1. The van der Waals surface area contributed by atoms with Gasteiger partial charge in [-0.3, -0.25) is 4.79 Å². The van der Waals surface area contributed by atoms with E-state index in [0.717, 1.165) is 5.75 Å². The highest BCUT2D eigenvalue weighted by Crippen LogP contribution is 2.24. The van der Waals surface area contributed by atoms with E-state index in [0.29, 0.717) is 22.9 Å². The van der Waals surface area contributed by atoms with Gasteiger partial charge in [-0.05, 0) is 48.5 Å². The van der Waals surface area contributed by atoms with Crippen molar-refractivity contribution in [1.29, 1.82) is 0 Å². The van der Waals surface area contributed by atoms with Gasteiger partial charge in [0.15, 0.2) is 6.61 Å². The lowest BCUT2D eigenvalue weighted by Crippen LogP contribution is -2.20. The lowest BCUT2D eigenvalue weighted by molar-refractivity contribution is -0.118. The van der Waals surface area contributed by atoms with Crippen LogP contribution in [0.1, 0.15) is 0 Å². The summed E-state index contributed by atoms with van der Waals surface area (Å²) in [6.07, 6.45) is 0. The maximum absolute atomic E-state index is 12.0. The van der Waals surface area contributed by atoms with E-state index >= 15 is 0 Å². The molecule has 3 rings (SSSR count). The highest BCUT2D eigenvalue weighted by Gasteiger charge is 2.08. The Morgan fingerprint density at radius 2 is 1.42 bits per heavy atom. The first-order chi connectivity index (χ1) is 12.7. The van der Waals surface area contributed by atoms with Gasteiger partial charge in [-0.15, -0.1) is 0 Å². The van der Waals surface area contributed by atoms with E-state index in [9.17, 15) is 4.79 Å². The Labute approximate surface area is 152 Å². The van der Waals surface area contributed by atoms with Crippen molar-refractivity contribution in [1.82, 2.24) is 0 Å². The molecular formula is C21H19NO4. The van der Waals surface area contributed by atoms with Crippen molar-refractivity contribution in [3.05, 3.63) is 78.9 Å². The molecule has 3 aromatic carbocycles. The molecule has 132 valence electrons. The summed E-state index contributed by atoms with van der Waals surface area (Å²) < 4.78 is 16.4. The number of hydrogen-bond acceptors (Lipinski definition) is 4. The number of hydrogen-bond donors (Lipinski definition) is 1. The van der Waals surface area contributed by atoms with E-state index in [-0.39, 0.29) is 12.5 Å². The monoisotopic (exact) mass is 349 g/mol. The molecule has 3 aromatic rings. The number of anilines is 1. The van der Waals surface area contributed by atoms with Crippen LogP contribution in [0.5, 0.6) is 23.0 Å². The fourth-order valence-corrected chi connectivity index (χ4v) is 2.31. The van der Waals surface area contributed by atoms with Crippen molar-refractivity contribution in [3.63, 3.8) is 0 Å². The molecule has 1 N–H and O–H groups in total. The standard InChI is InChI=1S/C21H19NO4/c1-24-20-10-6-5-9-19(20)22-21(23)15-25-16-11-13-18(14-12-16)26-17-7-3-2-4-8-17/h2-14H,15H2,1H3,(H,22,23). The molecule has 0 aliphatic heterocycles. The minimum atomic E-state index is -0.265. The first-order valence-electron chi connectivity index (χ1n) is 8.13. The summed E-state index contributed by atoms with van der Waals surface area (Å²) >= 11 is 0. The zero-order valence-corrected chi connectivity index (χ0v) is 14.3. The summed E-state index contributed by atoms with van der Waals surface area (Å²) in [5.41, 5.74) is 0.607. The predicted molar refractivity (Wildman–Crippen MR) is 100 cm³/mol. The van der Waals surface area contributed by atoms with Crippen LogP contribution in [-0.4, -0.2) is 19.6 Å². The molecule has 0 atom stereocenters. The molecule has 0 unspecified atom stereocenters. The fourth-order valence-electron chi connectivity index (χ4n) is 2.31. The molecule has 26 heavy (non-hydrogen) atoms. The first kappa shape index (κ1) is 17.4. The van der Waals surface area contributed by atoms with Gasteiger partial charge in [0.05, 0.1) is 12.8 Å². The van der Waals surface area contributed by atoms with Crippen LogP contribution in [0.4, 0.5) is 5.69 Å². The Morgan fingerprint density at radius 3 is 2.15 bits per heavy atom. The second-order valence-corrected chi connectivity index (χ2v) is 5.42. The average Bonchev–Trinajstić information content (AvgIpc) is 2.69. The molecule has 0 saturated carbocycles. The van der Waals surface area contributed by atoms with Crippen molar-refractivity contribution >= 4 is 11.6 Å². The van der Waals surface area contributed by atoms with Crippen LogP contribution in [0, 0.1) is 0 Å². The summed E-state index contributed by atoms with van der Waals surface area (Å²) in [5, 5.41) is 2.76. The van der Waals surface area contributed by atoms with Gasteiger partial charge < -0.3 is 19.5 Å². The summed E-state index contributed by atoms with van der Waals surface area (Å²) in [4.78, 5) is 12.0.